The van der Waals surface area contributed by atoms with Gasteiger partial charge in [-0.15, -0.1) is 11.6 Å². The molecule has 14 heavy (non-hydrogen) atoms. The number of aliphatic hydroxyl groups excluding tert-OH is 1. The second-order valence-corrected chi connectivity index (χ2v) is 3.56. The summed E-state index contributed by atoms with van der Waals surface area (Å²) in [7, 11) is 2.65. The van der Waals surface area contributed by atoms with Gasteiger partial charge in [0, 0.05) is 7.11 Å². The van der Waals surface area contributed by atoms with Gasteiger partial charge in [0.1, 0.15) is 0 Å². The largest absolute Gasteiger partial charge is 0.467 e. The van der Waals surface area contributed by atoms with E-state index in [9.17, 15) is 9.90 Å². The Morgan fingerprint density at radius 2 is 2.29 bits per heavy atom. The molecule has 1 rings (SSSR count). The van der Waals surface area contributed by atoms with E-state index in [0.717, 1.165) is 0 Å². The number of alkyl halides is 1. The lowest BCUT2D eigenvalue weighted by Gasteiger charge is -2.16. The molecule has 0 aliphatic carbocycles. The molecule has 6 heteroatoms. The van der Waals surface area contributed by atoms with Crippen LogP contribution < -0.4 is 0 Å². The minimum atomic E-state index is -1.30. The van der Waals surface area contributed by atoms with Gasteiger partial charge in [-0.25, -0.2) is 4.79 Å². The van der Waals surface area contributed by atoms with Crippen molar-refractivity contribution in [2.24, 2.45) is 0 Å². The summed E-state index contributed by atoms with van der Waals surface area (Å²) in [6, 6.07) is 0. The van der Waals surface area contributed by atoms with Crippen molar-refractivity contribution in [3.8, 4) is 0 Å². The number of carbonyl (C=O) groups is 1. The van der Waals surface area contributed by atoms with E-state index in [1.807, 2.05) is 0 Å². The summed E-state index contributed by atoms with van der Waals surface area (Å²) in [4.78, 5) is 11.0. The first-order valence-electron chi connectivity index (χ1n) is 4.18. The summed E-state index contributed by atoms with van der Waals surface area (Å²) in [5.74, 6) is -0.726. The van der Waals surface area contributed by atoms with E-state index in [-0.39, 0.29) is 5.38 Å². The van der Waals surface area contributed by atoms with Crippen LogP contribution in [0.1, 0.15) is 6.42 Å². The van der Waals surface area contributed by atoms with Crippen LogP contribution in [0, 0.1) is 0 Å². The van der Waals surface area contributed by atoms with Crippen LogP contribution in [0.5, 0.6) is 0 Å². The fourth-order valence-corrected chi connectivity index (χ4v) is 1.66. The van der Waals surface area contributed by atoms with Gasteiger partial charge in [0.2, 0.25) is 0 Å². The zero-order valence-electron chi connectivity index (χ0n) is 7.97. The molecule has 0 aromatic carbocycles. The van der Waals surface area contributed by atoms with E-state index < -0.39 is 24.5 Å². The van der Waals surface area contributed by atoms with Gasteiger partial charge >= 0.3 is 5.97 Å². The molecule has 1 heterocycles. The number of carbonyl (C=O) groups excluding carboxylic acids is 1. The molecular weight excluding hydrogens is 212 g/mol. The number of methoxy groups -OCH3 is 2. The fourth-order valence-electron chi connectivity index (χ4n) is 1.33. The van der Waals surface area contributed by atoms with E-state index in [1.165, 1.54) is 14.2 Å². The first kappa shape index (κ1) is 11.7. The molecule has 1 fully saturated rings. The van der Waals surface area contributed by atoms with E-state index >= 15 is 0 Å². The van der Waals surface area contributed by atoms with Gasteiger partial charge in [0.05, 0.1) is 18.6 Å². The van der Waals surface area contributed by atoms with E-state index in [2.05, 4.69) is 4.74 Å². The third kappa shape index (κ3) is 2.36. The van der Waals surface area contributed by atoms with Crippen molar-refractivity contribution in [2.45, 2.75) is 30.3 Å². The minimum Gasteiger partial charge on any atom is -0.467 e. The molecule has 0 aromatic rings. The van der Waals surface area contributed by atoms with Crippen LogP contribution in [0.2, 0.25) is 0 Å². The number of halogens is 1. The third-order valence-electron chi connectivity index (χ3n) is 2.09. The number of aliphatic hydroxyl groups is 1. The Bertz CT molecular complexity index is 210. The van der Waals surface area contributed by atoms with Crippen molar-refractivity contribution in [1.29, 1.82) is 0 Å². The molecule has 0 bridgehead atoms. The molecule has 1 aliphatic rings. The topological polar surface area (TPSA) is 65.0 Å². The van der Waals surface area contributed by atoms with Crippen molar-refractivity contribution in [2.75, 3.05) is 14.2 Å². The summed E-state index contributed by atoms with van der Waals surface area (Å²) in [6.07, 6.45) is -2.19. The van der Waals surface area contributed by atoms with E-state index in [4.69, 9.17) is 21.1 Å². The highest BCUT2D eigenvalue weighted by Crippen LogP contribution is 2.27. The SMILES string of the molecule is COC(=O)[C@@H](O)[C@@H]1C[C@H](Cl)[C@H](OC)O1. The van der Waals surface area contributed by atoms with Crippen molar-refractivity contribution >= 4 is 17.6 Å². The second kappa shape index (κ2) is 4.93. The highest BCUT2D eigenvalue weighted by molar-refractivity contribution is 6.21. The molecular formula is C8H13ClO5. The Morgan fingerprint density at radius 1 is 1.64 bits per heavy atom. The van der Waals surface area contributed by atoms with Gasteiger partial charge in [0.15, 0.2) is 12.4 Å². The van der Waals surface area contributed by atoms with Crippen LogP contribution in [-0.4, -0.2) is 49.2 Å². The standard InChI is InChI=1S/C8H13ClO5/c1-12-7(11)6(10)5-3-4(9)8(13-2)14-5/h4-6,8,10H,3H2,1-2H3/t4-,5-,6-,8+/m0/s1. The van der Waals surface area contributed by atoms with Crippen LogP contribution in [0.3, 0.4) is 0 Å². The average Bonchev–Trinajstić information content (AvgIpc) is 2.57. The lowest BCUT2D eigenvalue weighted by atomic mass is 10.1. The van der Waals surface area contributed by atoms with E-state index in [1.54, 1.807) is 0 Å². The average molecular weight is 225 g/mol. The van der Waals surface area contributed by atoms with Crippen molar-refractivity contribution in [1.82, 2.24) is 0 Å². The first-order valence-corrected chi connectivity index (χ1v) is 4.62. The van der Waals surface area contributed by atoms with Crippen LogP contribution in [-0.2, 0) is 19.0 Å². The lowest BCUT2D eigenvalue weighted by Crippen LogP contribution is -2.35. The van der Waals surface area contributed by atoms with Crippen LogP contribution in [0.4, 0.5) is 0 Å². The zero-order valence-corrected chi connectivity index (χ0v) is 8.73. The number of hydrogen-bond acceptors (Lipinski definition) is 5. The number of rotatable bonds is 3. The highest BCUT2D eigenvalue weighted by Gasteiger charge is 2.40. The third-order valence-corrected chi connectivity index (χ3v) is 2.47. The maximum atomic E-state index is 11.0. The molecule has 1 saturated heterocycles. The smallest absolute Gasteiger partial charge is 0.337 e. The van der Waals surface area contributed by atoms with Crippen LogP contribution >= 0.6 is 11.6 Å². The Hall–Kier alpha value is -0.360. The minimum absolute atomic E-state index is 0.357. The van der Waals surface area contributed by atoms with E-state index in [0.29, 0.717) is 6.42 Å². The summed E-state index contributed by atoms with van der Waals surface area (Å²) in [5, 5.41) is 9.08. The molecule has 0 aromatic heterocycles. The number of esters is 1. The maximum Gasteiger partial charge on any atom is 0.337 e. The Kier molecular flexibility index (Phi) is 4.12. The molecule has 1 N–H and O–H groups in total. The van der Waals surface area contributed by atoms with Crippen molar-refractivity contribution in [3.05, 3.63) is 0 Å². The summed E-state index contributed by atoms with van der Waals surface area (Å²) in [5.41, 5.74) is 0. The predicted molar refractivity (Wildman–Crippen MR) is 48.0 cm³/mol. The molecule has 0 radical (unpaired) electrons. The summed E-state index contributed by atoms with van der Waals surface area (Å²) in [6.45, 7) is 0. The van der Waals surface area contributed by atoms with Crippen LogP contribution in [0.25, 0.3) is 0 Å². The Morgan fingerprint density at radius 3 is 2.71 bits per heavy atom. The number of ether oxygens (including phenoxy) is 3. The first-order chi connectivity index (χ1) is 6.60. The van der Waals surface area contributed by atoms with Gasteiger partial charge in [-0.3, -0.25) is 0 Å². The molecule has 0 spiro atoms. The van der Waals surface area contributed by atoms with Crippen molar-refractivity contribution < 1.29 is 24.1 Å². The molecule has 4 atom stereocenters. The quantitative estimate of drug-likeness (QED) is 0.535. The molecule has 0 saturated carbocycles. The Balaban J connectivity index is 2.52. The molecule has 1 aliphatic heterocycles. The van der Waals surface area contributed by atoms with Crippen molar-refractivity contribution in [3.63, 3.8) is 0 Å². The maximum absolute atomic E-state index is 11.0. The van der Waals surface area contributed by atoms with Gasteiger partial charge in [-0.05, 0) is 6.42 Å². The normalized spacial score (nSPS) is 34.1. The summed E-state index contributed by atoms with van der Waals surface area (Å²) < 4.78 is 14.5. The second-order valence-electron chi connectivity index (χ2n) is 3.00. The van der Waals surface area contributed by atoms with Gasteiger partial charge < -0.3 is 19.3 Å². The van der Waals surface area contributed by atoms with Gasteiger partial charge in [-0.2, -0.15) is 0 Å². The van der Waals surface area contributed by atoms with Gasteiger partial charge in [0.25, 0.3) is 0 Å². The summed E-state index contributed by atoms with van der Waals surface area (Å²) >= 11 is 5.85. The highest BCUT2D eigenvalue weighted by atomic mass is 35.5. The molecule has 82 valence electrons. The Labute approximate surface area is 86.9 Å². The van der Waals surface area contributed by atoms with Crippen LogP contribution in [0.15, 0.2) is 0 Å². The fraction of sp³-hybridized carbons (Fsp3) is 0.875. The predicted octanol–water partition coefficient (Wildman–Crippen LogP) is -0.111. The molecule has 5 nitrogen and oxygen atoms in total. The monoisotopic (exact) mass is 224 g/mol. The van der Waals surface area contributed by atoms with Gasteiger partial charge in [-0.1, -0.05) is 0 Å². The zero-order chi connectivity index (χ0) is 10.7. The molecule has 0 amide bonds. The lowest BCUT2D eigenvalue weighted by molar-refractivity contribution is -0.169. The molecule has 0 unspecified atom stereocenters. The number of hydrogen-bond donors (Lipinski definition) is 1.